The second kappa shape index (κ2) is 4.38. The van der Waals surface area contributed by atoms with Crippen molar-refractivity contribution < 1.29 is 19.5 Å². The number of aliphatic hydroxyl groups is 1. The first-order valence-corrected chi connectivity index (χ1v) is 4.77. The van der Waals surface area contributed by atoms with E-state index < -0.39 is 16.9 Å². The fourth-order valence-corrected chi connectivity index (χ4v) is 1.66. The smallest absolute Gasteiger partial charge is 0.307 e. The summed E-state index contributed by atoms with van der Waals surface area (Å²) in [4.78, 5) is 34.0. The largest absolute Gasteiger partial charge is 0.396 e. The highest BCUT2D eigenvalue weighted by Crippen LogP contribution is 2.13. The minimum absolute atomic E-state index is 0.107. The summed E-state index contributed by atoms with van der Waals surface area (Å²) < 4.78 is 0. The molecule has 1 fully saturated rings. The number of aliphatic hydroxyl groups excluding tert-OH is 1. The van der Waals surface area contributed by atoms with Crippen LogP contribution in [0.2, 0.25) is 0 Å². The molecule has 1 saturated heterocycles. The van der Waals surface area contributed by atoms with Crippen LogP contribution in [0, 0.1) is 0 Å². The maximum atomic E-state index is 11.1. The van der Waals surface area contributed by atoms with E-state index in [0.29, 0.717) is 5.75 Å². The molecular formula is C7H9NO4S. The quantitative estimate of drug-likeness (QED) is 0.582. The van der Waals surface area contributed by atoms with Crippen molar-refractivity contribution in [1.29, 1.82) is 0 Å². The minimum atomic E-state index is -0.769. The summed E-state index contributed by atoms with van der Waals surface area (Å²) in [6.45, 7) is -0.0436. The van der Waals surface area contributed by atoms with Crippen molar-refractivity contribution in [3.05, 3.63) is 0 Å². The molecule has 0 radical (unpaired) electrons. The molecule has 1 N–H and O–H groups in total. The van der Waals surface area contributed by atoms with Crippen molar-refractivity contribution in [1.82, 2.24) is 4.90 Å². The molecule has 1 rings (SSSR count). The number of hydrogen-bond acceptors (Lipinski definition) is 5. The van der Waals surface area contributed by atoms with Gasteiger partial charge in [0, 0.05) is 12.3 Å². The lowest BCUT2D eigenvalue weighted by atomic mass is 10.3. The van der Waals surface area contributed by atoms with Gasteiger partial charge in [0.15, 0.2) is 0 Å². The van der Waals surface area contributed by atoms with Crippen LogP contribution in [-0.2, 0) is 14.4 Å². The van der Waals surface area contributed by atoms with Gasteiger partial charge in [0.05, 0.1) is 13.0 Å². The van der Waals surface area contributed by atoms with Crippen LogP contribution in [0.4, 0.5) is 0 Å². The molecule has 1 aliphatic rings. The molecule has 1 aliphatic heterocycles. The van der Waals surface area contributed by atoms with E-state index in [1.807, 2.05) is 0 Å². The van der Waals surface area contributed by atoms with Gasteiger partial charge in [-0.25, -0.2) is 0 Å². The van der Waals surface area contributed by atoms with E-state index >= 15 is 0 Å². The van der Waals surface area contributed by atoms with Crippen LogP contribution < -0.4 is 0 Å². The Morgan fingerprint density at radius 3 is 2.85 bits per heavy atom. The van der Waals surface area contributed by atoms with Crippen LogP contribution in [0.3, 0.4) is 0 Å². The molecule has 0 aromatic carbocycles. The predicted octanol–water partition coefficient (Wildman–Crippen LogP) is -1.00. The lowest BCUT2D eigenvalue weighted by Gasteiger charge is -2.22. The molecule has 0 aromatic rings. The van der Waals surface area contributed by atoms with Gasteiger partial charge in [-0.3, -0.25) is 19.3 Å². The van der Waals surface area contributed by atoms with Crippen molar-refractivity contribution in [2.24, 2.45) is 0 Å². The molecule has 2 amide bonds. The Labute approximate surface area is 79.1 Å². The third-order valence-corrected chi connectivity index (χ3v) is 2.42. The summed E-state index contributed by atoms with van der Waals surface area (Å²) >= 11 is 0.921. The topological polar surface area (TPSA) is 74.7 Å². The molecule has 0 aromatic heterocycles. The number of carbonyl (C=O) groups excluding carboxylic acids is 3. The Balaban J connectivity index is 2.63. The van der Waals surface area contributed by atoms with Crippen LogP contribution in [0.1, 0.15) is 6.42 Å². The van der Waals surface area contributed by atoms with E-state index in [1.165, 1.54) is 0 Å². The van der Waals surface area contributed by atoms with Crippen LogP contribution in [0.15, 0.2) is 0 Å². The van der Waals surface area contributed by atoms with Crippen LogP contribution in [-0.4, -0.2) is 45.8 Å². The van der Waals surface area contributed by atoms with Gasteiger partial charge in [0.1, 0.15) is 0 Å². The first kappa shape index (κ1) is 10.2. The van der Waals surface area contributed by atoms with E-state index in [-0.39, 0.29) is 19.6 Å². The molecule has 72 valence electrons. The predicted molar refractivity (Wildman–Crippen MR) is 45.9 cm³/mol. The molecule has 0 bridgehead atoms. The number of hydrogen-bond donors (Lipinski definition) is 1. The lowest BCUT2D eigenvalue weighted by Crippen LogP contribution is -2.45. The summed E-state index contributed by atoms with van der Waals surface area (Å²) in [5.41, 5.74) is 0. The van der Waals surface area contributed by atoms with E-state index in [9.17, 15) is 14.4 Å². The zero-order chi connectivity index (χ0) is 9.84. The Hall–Kier alpha value is -0.880. The fourth-order valence-electron chi connectivity index (χ4n) is 0.972. The molecule has 13 heavy (non-hydrogen) atoms. The average Bonchev–Trinajstić information content (AvgIpc) is 2.10. The van der Waals surface area contributed by atoms with Gasteiger partial charge in [-0.2, -0.15) is 0 Å². The van der Waals surface area contributed by atoms with E-state index in [0.717, 1.165) is 16.7 Å². The van der Waals surface area contributed by atoms with Crippen LogP contribution in [0.5, 0.6) is 0 Å². The van der Waals surface area contributed by atoms with Crippen molar-refractivity contribution >= 4 is 28.7 Å². The first-order valence-electron chi connectivity index (χ1n) is 3.79. The highest BCUT2D eigenvalue weighted by atomic mass is 32.2. The third kappa shape index (κ3) is 2.28. The number of carbonyl (C=O) groups is 3. The third-order valence-electron chi connectivity index (χ3n) is 1.59. The SMILES string of the molecule is O=C1SCCN(C(=O)CCO)C1=O. The van der Waals surface area contributed by atoms with Gasteiger partial charge in [-0.15, -0.1) is 0 Å². The van der Waals surface area contributed by atoms with Gasteiger partial charge in [0.2, 0.25) is 5.91 Å². The van der Waals surface area contributed by atoms with Gasteiger partial charge >= 0.3 is 5.91 Å². The Kier molecular flexibility index (Phi) is 3.44. The van der Waals surface area contributed by atoms with Gasteiger partial charge in [0.25, 0.3) is 5.12 Å². The van der Waals surface area contributed by atoms with Gasteiger partial charge in [-0.1, -0.05) is 11.8 Å². The maximum Gasteiger partial charge on any atom is 0.307 e. The molecule has 0 unspecified atom stereocenters. The Morgan fingerprint density at radius 2 is 2.23 bits per heavy atom. The zero-order valence-electron chi connectivity index (χ0n) is 6.86. The van der Waals surface area contributed by atoms with Crippen LogP contribution >= 0.6 is 11.8 Å². The van der Waals surface area contributed by atoms with Crippen molar-refractivity contribution in [3.63, 3.8) is 0 Å². The Morgan fingerprint density at radius 1 is 1.54 bits per heavy atom. The monoisotopic (exact) mass is 203 g/mol. The van der Waals surface area contributed by atoms with Gasteiger partial charge < -0.3 is 5.11 Å². The van der Waals surface area contributed by atoms with E-state index in [2.05, 4.69) is 0 Å². The first-order chi connectivity index (χ1) is 6.16. The minimum Gasteiger partial charge on any atom is -0.396 e. The molecule has 0 atom stereocenters. The second-order valence-electron chi connectivity index (χ2n) is 2.46. The molecule has 6 heteroatoms. The summed E-state index contributed by atoms with van der Waals surface area (Å²) in [5, 5.41) is 7.87. The average molecular weight is 203 g/mol. The lowest BCUT2D eigenvalue weighted by molar-refractivity contribution is -0.149. The highest BCUT2D eigenvalue weighted by molar-refractivity contribution is 8.15. The summed E-state index contributed by atoms with van der Waals surface area (Å²) in [7, 11) is 0. The normalized spacial score (nSPS) is 17.8. The molecule has 0 aliphatic carbocycles. The number of amides is 2. The molecular weight excluding hydrogens is 194 g/mol. The standard InChI is InChI=1S/C7H9NO4S/c9-3-1-5(10)8-2-4-13-7(12)6(8)11/h9H,1-4H2. The maximum absolute atomic E-state index is 11.1. The highest BCUT2D eigenvalue weighted by Gasteiger charge is 2.30. The number of rotatable bonds is 2. The number of nitrogens with zero attached hydrogens (tertiary/aromatic N) is 1. The Bertz CT molecular complexity index is 253. The molecule has 5 nitrogen and oxygen atoms in total. The molecule has 0 saturated carbocycles. The van der Waals surface area contributed by atoms with Crippen molar-refractivity contribution in [3.8, 4) is 0 Å². The van der Waals surface area contributed by atoms with E-state index in [4.69, 9.17) is 5.11 Å². The molecule has 1 heterocycles. The van der Waals surface area contributed by atoms with Crippen molar-refractivity contribution in [2.45, 2.75) is 6.42 Å². The number of thioether (sulfide) groups is 1. The van der Waals surface area contributed by atoms with E-state index in [1.54, 1.807) is 0 Å². The number of imide groups is 1. The van der Waals surface area contributed by atoms with Crippen molar-refractivity contribution in [2.75, 3.05) is 18.9 Å². The van der Waals surface area contributed by atoms with Gasteiger partial charge in [-0.05, 0) is 0 Å². The fraction of sp³-hybridized carbons (Fsp3) is 0.571. The summed E-state index contributed by atoms with van der Waals surface area (Å²) in [6.07, 6.45) is -0.107. The zero-order valence-corrected chi connectivity index (χ0v) is 7.67. The molecule has 0 spiro atoms. The summed E-state index contributed by atoms with van der Waals surface area (Å²) in [6, 6.07) is 0. The van der Waals surface area contributed by atoms with Crippen LogP contribution in [0.25, 0.3) is 0 Å². The summed E-state index contributed by atoms with van der Waals surface area (Å²) in [5.74, 6) is -0.808. The second-order valence-corrected chi connectivity index (χ2v) is 3.53.